The van der Waals surface area contributed by atoms with E-state index in [1.807, 2.05) is 42.5 Å². The molecule has 168 valence electrons. The largest absolute Gasteiger partial charge is 0.461 e. The van der Waals surface area contributed by atoms with E-state index in [1.54, 1.807) is 6.07 Å². The van der Waals surface area contributed by atoms with Crippen molar-refractivity contribution in [2.24, 2.45) is 0 Å². The van der Waals surface area contributed by atoms with Crippen LogP contribution in [-0.4, -0.2) is 44.9 Å². The number of hydrogen-bond acceptors (Lipinski definition) is 5. The Morgan fingerprint density at radius 2 is 1.78 bits per heavy atom. The molecule has 9 heteroatoms. The first kappa shape index (κ1) is 22.5. The van der Waals surface area contributed by atoms with Crippen LogP contribution in [0, 0.1) is 0 Å². The van der Waals surface area contributed by atoms with Gasteiger partial charge in [-0.3, -0.25) is 4.79 Å². The molecule has 0 spiro atoms. The number of nitrogens with one attached hydrogen (secondary N) is 1. The summed E-state index contributed by atoms with van der Waals surface area (Å²) in [7, 11) is -3.77. The zero-order chi connectivity index (χ0) is 22.6. The van der Waals surface area contributed by atoms with E-state index in [1.165, 1.54) is 16.4 Å². The minimum Gasteiger partial charge on any atom is -0.461 e. The van der Waals surface area contributed by atoms with Crippen molar-refractivity contribution in [2.75, 3.05) is 31.6 Å². The van der Waals surface area contributed by atoms with Gasteiger partial charge in [-0.05, 0) is 30.3 Å². The third-order valence-corrected chi connectivity index (χ3v) is 7.50. The summed E-state index contributed by atoms with van der Waals surface area (Å²) in [4.78, 5) is 12.4. The van der Waals surface area contributed by atoms with Crippen LogP contribution in [0.15, 0.2) is 70.0 Å². The van der Waals surface area contributed by atoms with E-state index in [4.69, 9.17) is 20.8 Å². The van der Waals surface area contributed by atoms with E-state index in [0.29, 0.717) is 31.1 Å². The van der Waals surface area contributed by atoms with E-state index in [2.05, 4.69) is 5.32 Å². The van der Waals surface area contributed by atoms with Crippen LogP contribution < -0.4 is 5.32 Å². The number of halogens is 1. The SMILES string of the molecule is O=C(CCc1ccc(-c2ccccc2)o1)Nc1ccc(Cl)c(S(=O)(=O)N2CCOCC2)c1. The molecule has 0 unspecified atom stereocenters. The van der Waals surface area contributed by atoms with Crippen LogP contribution in [0.3, 0.4) is 0 Å². The van der Waals surface area contributed by atoms with Gasteiger partial charge in [-0.2, -0.15) is 4.31 Å². The van der Waals surface area contributed by atoms with Gasteiger partial charge >= 0.3 is 0 Å². The van der Waals surface area contributed by atoms with E-state index in [0.717, 1.165) is 11.3 Å². The first-order chi connectivity index (χ1) is 15.4. The zero-order valence-electron chi connectivity index (χ0n) is 17.3. The lowest BCUT2D eigenvalue weighted by molar-refractivity contribution is -0.116. The van der Waals surface area contributed by atoms with Crippen molar-refractivity contribution in [3.8, 4) is 11.3 Å². The van der Waals surface area contributed by atoms with Gasteiger partial charge in [0, 0.05) is 37.2 Å². The Labute approximate surface area is 192 Å². The van der Waals surface area contributed by atoms with Gasteiger partial charge in [0.15, 0.2) is 0 Å². The van der Waals surface area contributed by atoms with Gasteiger partial charge in [0.05, 0.1) is 18.2 Å². The molecule has 0 atom stereocenters. The number of furan rings is 1. The molecule has 2 aromatic carbocycles. The number of benzene rings is 2. The first-order valence-corrected chi connectivity index (χ1v) is 12.1. The van der Waals surface area contributed by atoms with Crippen molar-refractivity contribution < 1.29 is 22.4 Å². The summed E-state index contributed by atoms with van der Waals surface area (Å²) in [6.45, 7) is 1.21. The molecule has 0 aliphatic carbocycles. The molecular weight excluding hydrogens is 452 g/mol. The zero-order valence-corrected chi connectivity index (χ0v) is 18.9. The molecule has 1 N–H and O–H groups in total. The molecule has 1 aliphatic rings. The predicted octanol–water partition coefficient (Wildman–Crippen LogP) is 4.19. The average Bonchev–Trinajstić information content (AvgIpc) is 3.29. The van der Waals surface area contributed by atoms with Crippen LogP contribution in [0.5, 0.6) is 0 Å². The Bertz CT molecular complexity index is 1190. The number of sulfonamides is 1. The predicted molar refractivity (Wildman–Crippen MR) is 122 cm³/mol. The number of amides is 1. The maximum atomic E-state index is 12.9. The molecule has 32 heavy (non-hydrogen) atoms. The number of carbonyl (C=O) groups excluding carboxylic acids is 1. The van der Waals surface area contributed by atoms with Gasteiger partial charge in [0.2, 0.25) is 15.9 Å². The quantitative estimate of drug-likeness (QED) is 0.554. The molecule has 1 fully saturated rings. The molecule has 0 bridgehead atoms. The maximum absolute atomic E-state index is 12.9. The van der Waals surface area contributed by atoms with Crippen LogP contribution in [0.25, 0.3) is 11.3 Å². The van der Waals surface area contributed by atoms with Crippen LogP contribution in [0.1, 0.15) is 12.2 Å². The summed E-state index contributed by atoms with van der Waals surface area (Å²) in [5, 5.41) is 2.86. The fraction of sp³-hybridized carbons (Fsp3) is 0.261. The Morgan fingerprint density at radius 1 is 1.03 bits per heavy atom. The van der Waals surface area contributed by atoms with E-state index >= 15 is 0 Å². The van der Waals surface area contributed by atoms with Gasteiger partial charge in [0.25, 0.3) is 0 Å². The van der Waals surface area contributed by atoms with E-state index in [-0.39, 0.29) is 35.3 Å². The summed E-state index contributed by atoms with van der Waals surface area (Å²) in [6, 6.07) is 17.9. The second-order valence-electron chi connectivity index (χ2n) is 7.34. The van der Waals surface area contributed by atoms with Crippen LogP contribution in [-0.2, 0) is 26.0 Å². The molecule has 1 saturated heterocycles. The van der Waals surface area contributed by atoms with Gasteiger partial charge in [-0.1, -0.05) is 41.9 Å². The third kappa shape index (κ3) is 5.21. The van der Waals surface area contributed by atoms with Crippen molar-refractivity contribution in [3.63, 3.8) is 0 Å². The highest BCUT2D eigenvalue weighted by Gasteiger charge is 2.28. The number of carbonyl (C=O) groups is 1. The van der Waals surface area contributed by atoms with Crippen molar-refractivity contribution in [1.29, 1.82) is 0 Å². The summed E-state index contributed by atoms with van der Waals surface area (Å²) >= 11 is 6.17. The fourth-order valence-corrected chi connectivity index (χ4v) is 5.34. The van der Waals surface area contributed by atoms with Gasteiger partial charge < -0.3 is 14.5 Å². The molecule has 4 rings (SSSR count). The second kappa shape index (κ2) is 9.87. The topological polar surface area (TPSA) is 88.8 Å². The third-order valence-electron chi connectivity index (χ3n) is 5.12. The Kier molecular flexibility index (Phi) is 6.95. The van der Waals surface area contributed by atoms with Crippen LogP contribution in [0.4, 0.5) is 5.69 Å². The number of anilines is 1. The molecular formula is C23H23ClN2O5S. The highest BCUT2D eigenvalue weighted by Crippen LogP contribution is 2.28. The molecule has 7 nitrogen and oxygen atoms in total. The van der Waals surface area contributed by atoms with Crippen molar-refractivity contribution in [3.05, 3.63) is 71.4 Å². The normalized spacial score (nSPS) is 14.9. The van der Waals surface area contributed by atoms with Gasteiger partial charge in [-0.25, -0.2) is 8.42 Å². The van der Waals surface area contributed by atoms with Crippen molar-refractivity contribution in [2.45, 2.75) is 17.7 Å². The number of hydrogen-bond donors (Lipinski definition) is 1. The molecule has 1 aromatic heterocycles. The maximum Gasteiger partial charge on any atom is 0.244 e. The second-order valence-corrected chi connectivity index (χ2v) is 9.66. The van der Waals surface area contributed by atoms with Crippen molar-refractivity contribution >= 4 is 33.2 Å². The van der Waals surface area contributed by atoms with E-state index in [9.17, 15) is 13.2 Å². The highest BCUT2D eigenvalue weighted by molar-refractivity contribution is 7.89. The Morgan fingerprint density at radius 3 is 2.53 bits per heavy atom. The molecule has 3 aromatic rings. The van der Waals surface area contributed by atoms with Crippen LogP contribution >= 0.6 is 11.6 Å². The van der Waals surface area contributed by atoms with Gasteiger partial charge in [-0.15, -0.1) is 0 Å². The molecule has 1 amide bonds. The molecule has 2 heterocycles. The Hall–Kier alpha value is -2.65. The number of aryl methyl sites for hydroxylation is 1. The van der Waals surface area contributed by atoms with E-state index < -0.39 is 10.0 Å². The number of ether oxygens (including phenoxy) is 1. The monoisotopic (exact) mass is 474 g/mol. The smallest absolute Gasteiger partial charge is 0.244 e. The lowest BCUT2D eigenvalue weighted by Crippen LogP contribution is -2.40. The lowest BCUT2D eigenvalue weighted by atomic mass is 10.2. The molecule has 0 saturated carbocycles. The minimum atomic E-state index is -3.77. The number of rotatable bonds is 7. The molecule has 0 radical (unpaired) electrons. The van der Waals surface area contributed by atoms with Crippen molar-refractivity contribution in [1.82, 2.24) is 4.31 Å². The highest BCUT2D eigenvalue weighted by atomic mass is 35.5. The summed E-state index contributed by atoms with van der Waals surface area (Å²) in [6.07, 6.45) is 0.612. The first-order valence-electron chi connectivity index (χ1n) is 10.2. The standard InChI is InChI=1S/C23H23ClN2O5S/c24-20-9-6-18(16-22(20)32(28,29)26-12-14-30-15-13-26)25-23(27)11-8-19-7-10-21(31-19)17-4-2-1-3-5-17/h1-7,9-10,16H,8,11-15H2,(H,25,27). The number of nitrogens with zero attached hydrogens (tertiary/aromatic N) is 1. The summed E-state index contributed by atoms with van der Waals surface area (Å²) in [5.41, 5.74) is 1.34. The molecule has 1 aliphatic heterocycles. The number of morpholine rings is 1. The summed E-state index contributed by atoms with van der Waals surface area (Å²) in [5.74, 6) is 1.20. The average molecular weight is 475 g/mol. The minimum absolute atomic E-state index is 0.0302. The summed E-state index contributed by atoms with van der Waals surface area (Å²) < 4.78 is 38.3. The van der Waals surface area contributed by atoms with Crippen LogP contribution in [0.2, 0.25) is 5.02 Å². The van der Waals surface area contributed by atoms with Gasteiger partial charge in [0.1, 0.15) is 16.4 Å². The fourth-order valence-electron chi connectivity index (χ4n) is 3.43. The Balaban J connectivity index is 1.39. The lowest BCUT2D eigenvalue weighted by Gasteiger charge is -2.26.